The molecule has 0 aliphatic rings. The molecule has 7 heavy (non-hydrogen) atoms. The molecule has 0 aliphatic heterocycles. The standard InChI is InChI=1S/C4H7N3/c1-6-3-4-7(2)5-6/h3H,1-2H3. The molecule has 1 aromatic rings. The van der Waals surface area contributed by atoms with Crippen molar-refractivity contribution in [2.75, 3.05) is 0 Å². The highest BCUT2D eigenvalue weighted by atomic mass is 15.5. The Hall–Kier alpha value is -0.860. The van der Waals surface area contributed by atoms with Crippen molar-refractivity contribution in [3.8, 4) is 0 Å². The van der Waals surface area contributed by atoms with Gasteiger partial charge in [-0.1, -0.05) is 0 Å². The fourth-order valence-corrected chi connectivity index (χ4v) is 0.430. The molecule has 1 aromatic heterocycles. The predicted octanol–water partition coefficient (Wildman–Crippen LogP) is -0.955. The van der Waals surface area contributed by atoms with Crippen LogP contribution in [0.2, 0.25) is 0 Å². The number of aromatic nitrogens is 3. The molecule has 0 aliphatic carbocycles. The molecular formula is C4H7N3. The summed E-state index contributed by atoms with van der Waals surface area (Å²) in [6.45, 7) is 0. The molecule has 0 atom stereocenters. The van der Waals surface area contributed by atoms with Crippen molar-refractivity contribution in [3.63, 3.8) is 0 Å². The quantitative estimate of drug-likeness (QED) is 0.302. The second-order valence-corrected chi connectivity index (χ2v) is 1.44. The van der Waals surface area contributed by atoms with Crippen LogP contribution in [-0.4, -0.2) is 9.90 Å². The Bertz CT molecular complexity index is 139. The Kier molecular flexibility index (Phi) is 0.817. The van der Waals surface area contributed by atoms with Crippen LogP contribution >= 0.6 is 0 Å². The number of hydrogen-bond acceptors (Lipinski definition) is 1. The van der Waals surface area contributed by atoms with E-state index < -0.39 is 0 Å². The minimum Gasteiger partial charge on any atom is -0.315 e. The normalized spacial score (nSPS) is 9.43. The van der Waals surface area contributed by atoms with Crippen molar-refractivity contribution in [2.45, 2.75) is 0 Å². The second-order valence-electron chi connectivity index (χ2n) is 1.44. The van der Waals surface area contributed by atoms with Gasteiger partial charge in [0, 0.05) is 0 Å². The third kappa shape index (κ3) is 0.765. The maximum Gasteiger partial charge on any atom is 0.0989 e. The van der Waals surface area contributed by atoms with Crippen LogP contribution in [0.5, 0.6) is 0 Å². The average molecular weight is 97.1 g/mol. The van der Waals surface area contributed by atoms with E-state index in [1.165, 1.54) is 0 Å². The Labute approximate surface area is 42.2 Å². The molecule has 0 unspecified atom stereocenters. The summed E-state index contributed by atoms with van der Waals surface area (Å²) in [6, 6.07) is 0. The number of aryl methyl sites for hydroxylation is 2. The first-order valence-corrected chi connectivity index (χ1v) is 2.06. The van der Waals surface area contributed by atoms with Gasteiger partial charge in [-0.05, 0) is 6.20 Å². The topological polar surface area (TPSA) is 21.7 Å². The minimum absolute atomic E-state index is 1.62. The van der Waals surface area contributed by atoms with Crippen LogP contribution in [0.3, 0.4) is 0 Å². The second kappa shape index (κ2) is 1.33. The lowest BCUT2D eigenvalue weighted by molar-refractivity contribution is -0.735. The lowest BCUT2D eigenvalue weighted by Gasteiger charge is -1.80. The Balaban J connectivity index is 3.04. The smallest absolute Gasteiger partial charge is 0.0989 e. The van der Waals surface area contributed by atoms with E-state index in [0.717, 1.165) is 0 Å². The summed E-state index contributed by atoms with van der Waals surface area (Å²) in [6.07, 6.45) is 4.60. The van der Waals surface area contributed by atoms with Crippen LogP contribution in [0.15, 0.2) is 6.20 Å². The molecule has 0 amide bonds. The molecule has 1 heterocycles. The van der Waals surface area contributed by atoms with Crippen LogP contribution in [0.25, 0.3) is 0 Å². The van der Waals surface area contributed by atoms with E-state index in [2.05, 4.69) is 11.4 Å². The van der Waals surface area contributed by atoms with Gasteiger partial charge in [0.05, 0.1) is 19.3 Å². The first-order valence-electron chi connectivity index (χ1n) is 2.06. The molecule has 0 spiro atoms. The van der Waals surface area contributed by atoms with Crippen molar-refractivity contribution in [2.24, 2.45) is 14.1 Å². The Morgan fingerprint density at radius 1 is 1.86 bits per heavy atom. The highest BCUT2D eigenvalue weighted by Crippen LogP contribution is 1.62. The van der Waals surface area contributed by atoms with Crippen molar-refractivity contribution in [1.29, 1.82) is 0 Å². The summed E-state index contributed by atoms with van der Waals surface area (Å²) in [4.78, 5) is 0. The zero-order valence-corrected chi connectivity index (χ0v) is 4.42. The van der Waals surface area contributed by atoms with E-state index in [-0.39, 0.29) is 0 Å². The third-order valence-corrected chi connectivity index (χ3v) is 0.707. The Morgan fingerprint density at radius 3 is 2.71 bits per heavy atom. The van der Waals surface area contributed by atoms with E-state index in [9.17, 15) is 0 Å². The van der Waals surface area contributed by atoms with Gasteiger partial charge in [0.1, 0.15) is 0 Å². The monoisotopic (exact) mass is 97.1 g/mol. The number of rotatable bonds is 0. The summed E-state index contributed by atoms with van der Waals surface area (Å²) >= 11 is 0. The van der Waals surface area contributed by atoms with Gasteiger partial charge in [0.25, 0.3) is 0 Å². The predicted molar refractivity (Wildman–Crippen MR) is 23.2 cm³/mol. The molecule has 0 saturated heterocycles. The number of hydrogen-bond donors (Lipinski definition) is 0. The van der Waals surface area contributed by atoms with Gasteiger partial charge in [0.2, 0.25) is 0 Å². The van der Waals surface area contributed by atoms with E-state index in [1.54, 1.807) is 15.6 Å². The SMILES string of the molecule is Cn1c[c-][n+](C)n1. The van der Waals surface area contributed by atoms with Gasteiger partial charge >= 0.3 is 0 Å². The van der Waals surface area contributed by atoms with E-state index in [0.29, 0.717) is 0 Å². The molecule has 0 fully saturated rings. The fraction of sp³-hybridized carbons (Fsp3) is 0.500. The zero-order chi connectivity index (χ0) is 5.28. The van der Waals surface area contributed by atoms with Crippen LogP contribution in [0, 0.1) is 6.20 Å². The van der Waals surface area contributed by atoms with Crippen molar-refractivity contribution < 1.29 is 4.68 Å². The largest absolute Gasteiger partial charge is 0.315 e. The molecular weight excluding hydrogens is 90.1 g/mol. The van der Waals surface area contributed by atoms with Crippen molar-refractivity contribution >= 4 is 0 Å². The molecule has 0 radical (unpaired) electrons. The van der Waals surface area contributed by atoms with Crippen molar-refractivity contribution in [3.05, 3.63) is 12.4 Å². The summed E-state index contributed by atoms with van der Waals surface area (Å²) in [7, 11) is 3.69. The summed E-state index contributed by atoms with van der Waals surface area (Å²) < 4.78 is 3.32. The molecule has 3 heteroatoms. The van der Waals surface area contributed by atoms with Gasteiger partial charge in [-0.2, -0.15) is 4.68 Å². The highest BCUT2D eigenvalue weighted by molar-refractivity contribution is 4.49. The van der Waals surface area contributed by atoms with E-state index in [4.69, 9.17) is 0 Å². The lowest BCUT2D eigenvalue weighted by Crippen LogP contribution is -2.30. The molecule has 0 aromatic carbocycles. The molecule has 0 N–H and O–H groups in total. The average Bonchev–Trinajstić information content (AvgIpc) is 1.87. The molecule has 1 rings (SSSR count). The summed E-state index contributed by atoms with van der Waals surface area (Å²) in [5.74, 6) is 0. The van der Waals surface area contributed by atoms with Crippen LogP contribution in [0.4, 0.5) is 0 Å². The van der Waals surface area contributed by atoms with Gasteiger partial charge in [-0.25, -0.2) is 6.20 Å². The van der Waals surface area contributed by atoms with Crippen LogP contribution < -0.4 is 4.68 Å². The minimum atomic E-state index is 1.62. The van der Waals surface area contributed by atoms with Gasteiger partial charge in [0.15, 0.2) is 0 Å². The maximum atomic E-state index is 3.89. The third-order valence-electron chi connectivity index (χ3n) is 0.707. The summed E-state index contributed by atoms with van der Waals surface area (Å²) in [5, 5.41) is 3.89. The van der Waals surface area contributed by atoms with Crippen molar-refractivity contribution in [1.82, 2.24) is 9.90 Å². The first-order chi connectivity index (χ1) is 3.29. The van der Waals surface area contributed by atoms with Crippen LogP contribution in [-0.2, 0) is 14.1 Å². The molecule has 3 nitrogen and oxygen atoms in total. The Morgan fingerprint density at radius 2 is 2.57 bits per heavy atom. The molecule has 0 saturated carbocycles. The molecule has 0 bridgehead atoms. The maximum absolute atomic E-state index is 3.89. The van der Waals surface area contributed by atoms with Gasteiger partial charge in [-0.3, -0.25) is 0 Å². The van der Waals surface area contributed by atoms with E-state index in [1.807, 2.05) is 14.1 Å². The number of nitrogens with zero attached hydrogens (tertiary/aromatic N) is 3. The highest BCUT2D eigenvalue weighted by Gasteiger charge is 1.77. The van der Waals surface area contributed by atoms with Gasteiger partial charge < -0.3 is 4.68 Å². The first kappa shape index (κ1) is 4.30. The zero-order valence-electron chi connectivity index (χ0n) is 4.42. The summed E-state index contributed by atoms with van der Waals surface area (Å²) in [5.41, 5.74) is 0. The van der Waals surface area contributed by atoms with Crippen LogP contribution in [0.1, 0.15) is 0 Å². The fourth-order valence-electron chi connectivity index (χ4n) is 0.430. The lowest BCUT2D eigenvalue weighted by atomic mass is 10.9. The van der Waals surface area contributed by atoms with E-state index >= 15 is 0 Å². The van der Waals surface area contributed by atoms with Gasteiger partial charge in [-0.15, -0.1) is 0 Å². The molecule has 38 valence electrons.